The predicted molar refractivity (Wildman–Crippen MR) is 82.1 cm³/mol. The van der Waals surface area contributed by atoms with E-state index in [1.54, 1.807) is 0 Å². The number of hydrogen-bond donors (Lipinski definition) is 2. The highest BCUT2D eigenvalue weighted by atomic mass is 16.2. The molecule has 0 unspecified atom stereocenters. The van der Waals surface area contributed by atoms with E-state index in [2.05, 4.69) is 41.8 Å². The fourth-order valence-corrected chi connectivity index (χ4v) is 2.51. The molecule has 0 aliphatic carbocycles. The minimum Gasteiger partial charge on any atom is -0.322 e. The van der Waals surface area contributed by atoms with Gasteiger partial charge in [0.05, 0.1) is 0 Å². The van der Waals surface area contributed by atoms with Gasteiger partial charge in [0.25, 0.3) is 0 Å². The number of benzene rings is 2. The van der Waals surface area contributed by atoms with E-state index in [1.807, 2.05) is 17.0 Å². The monoisotopic (exact) mass is 269 g/mol. The molecule has 4 nitrogen and oxygen atoms in total. The number of carbonyl (C=O) groups is 1. The highest BCUT2D eigenvalue weighted by Crippen LogP contribution is 2.20. The summed E-state index contributed by atoms with van der Waals surface area (Å²) < 4.78 is 0. The van der Waals surface area contributed by atoms with Crippen molar-refractivity contribution in [1.29, 1.82) is 0 Å². The van der Waals surface area contributed by atoms with Gasteiger partial charge >= 0.3 is 6.03 Å². The standard InChI is InChI=1S/C16H19N3O/c1-12-2-3-14-11-15(5-4-13(14)10-12)18-16(20)19-8-6-17-7-9-19/h2-5,10-11,17H,6-9H2,1H3,(H,18,20). The van der Waals surface area contributed by atoms with Gasteiger partial charge in [-0.05, 0) is 29.8 Å². The molecule has 1 saturated heterocycles. The number of nitrogens with one attached hydrogen (secondary N) is 2. The van der Waals surface area contributed by atoms with Gasteiger partial charge < -0.3 is 15.5 Å². The van der Waals surface area contributed by atoms with Crippen LogP contribution in [0.15, 0.2) is 36.4 Å². The zero-order valence-corrected chi connectivity index (χ0v) is 11.6. The Hall–Kier alpha value is -2.07. The van der Waals surface area contributed by atoms with Crippen molar-refractivity contribution in [2.24, 2.45) is 0 Å². The molecule has 104 valence electrons. The van der Waals surface area contributed by atoms with Gasteiger partial charge in [-0.25, -0.2) is 4.79 Å². The summed E-state index contributed by atoms with van der Waals surface area (Å²) in [6.07, 6.45) is 0. The second-order valence-corrected chi connectivity index (χ2v) is 5.23. The van der Waals surface area contributed by atoms with E-state index in [4.69, 9.17) is 0 Å². The van der Waals surface area contributed by atoms with Crippen LogP contribution in [0.1, 0.15) is 5.56 Å². The summed E-state index contributed by atoms with van der Waals surface area (Å²) in [6, 6.07) is 12.3. The second kappa shape index (κ2) is 5.51. The Bertz CT molecular complexity index is 633. The van der Waals surface area contributed by atoms with Gasteiger partial charge in [0.2, 0.25) is 0 Å². The van der Waals surface area contributed by atoms with Gasteiger partial charge in [-0.15, -0.1) is 0 Å². The molecule has 0 spiro atoms. The lowest BCUT2D eigenvalue weighted by molar-refractivity contribution is 0.204. The smallest absolute Gasteiger partial charge is 0.321 e. The van der Waals surface area contributed by atoms with Gasteiger partial charge in [0.1, 0.15) is 0 Å². The number of aryl methyl sites for hydroxylation is 1. The summed E-state index contributed by atoms with van der Waals surface area (Å²) in [6.45, 7) is 5.34. The number of hydrogen-bond acceptors (Lipinski definition) is 2. The number of fused-ring (bicyclic) bond motifs is 1. The van der Waals surface area contributed by atoms with Crippen LogP contribution in [0.3, 0.4) is 0 Å². The van der Waals surface area contributed by atoms with Crippen LogP contribution >= 0.6 is 0 Å². The molecular weight excluding hydrogens is 250 g/mol. The van der Waals surface area contributed by atoms with Crippen LogP contribution in [-0.4, -0.2) is 37.1 Å². The SMILES string of the molecule is Cc1ccc2cc(NC(=O)N3CCNCC3)ccc2c1. The Balaban J connectivity index is 1.76. The molecular formula is C16H19N3O. The van der Waals surface area contributed by atoms with Gasteiger partial charge in [-0.2, -0.15) is 0 Å². The summed E-state index contributed by atoms with van der Waals surface area (Å²) in [5.41, 5.74) is 2.10. The highest BCUT2D eigenvalue weighted by molar-refractivity contribution is 5.93. The summed E-state index contributed by atoms with van der Waals surface area (Å²) >= 11 is 0. The van der Waals surface area contributed by atoms with Gasteiger partial charge in [-0.1, -0.05) is 29.8 Å². The lowest BCUT2D eigenvalue weighted by atomic mass is 10.1. The minimum atomic E-state index is -0.0158. The first-order valence-corrected chi connectivity index (χ1v) is 6.99. The van der Waals surface area contributed by atoms with Crippen molar-refractivity contribution in [2.75, 3.05) is 31.5 Å². The van der Waals surface area contributed by atoms with Gasteiger partial charge in [0, 0.05) is 31.9 Å². The number of carbonyl (C=O) groups excluding carboxylic acids is 1. The van der Waals surface area contributed by atoms with Crippen molar-refractivity contribution in [2.45, 2.75) is 6.92 Å². The van der Waals surface area contributed by atoms with Crippen molar-refractivity contribution in [3.63, 3.8) is 0 Å². The molecule has 20 heavy (non-hydrogen) atoms. The first-order valence-electron chi connectivity index (χ1n) is 6.99. The molecule has 2 amide bonds. The van der Waals surface area contributed by atoms with Crippen LogP contribution in [0.25, 0.3) is 10.8 Å². The first kappa shape index (κ1) is 12.9. The van der Waals surface area contributed by atoms with E-state index in [9.17, 15) is 4.79 Å². The molecule has 4 heteroatoms. The quantitative estimate of drug-likeness (QED) is 0.835. The van der Waals surface area contributed by atoms with Gasteiger partial charge in [-0.3, -0.25) is 0 Å². The lowest BCUT2D eigenvalue weighted by Crippen LogP contribution is -2.48. The zero-order chi connectivity index (χ0) is 13.9. The third-order valence-electron chi connectivity index (χ3n) is 3.65. The molecule has 2 aromatic rings. The Labute approximate surface area is 118 Å². The summed E-state index contributed by atoms with van der Waals surface area (Å²) in [5, 5.41) is 8.57. The molecule has 0 radical (unpaired) electrons. The molecule has 0 bridgehead atoms. The van der Waals surface area contributed by atoms with Crippen LogP contribution in [0.2, 0.25) is 0 Å². The number of amides is 2. The molecule has 0 aromatic heterocycles. The molecule has 2 aromatic carbocycles. The van der Waals surface area contributed by atoms with E-state index in [0.717, 1.165) is 37.3 Å². The highest BCUT2D eigenvalue weighted by Gasteiger charge is 2.15. The molecule has 1 heterocycles. The summed E-state index contributed by atoms with van der Waals surface area (Å²) in [5.74, 6) is 0. The largest absolute Gasteiger partial charge is 0.322 e. The maximum absolute atomic E-state index is 12.1. The third kappa shape index (κ3) is 2.75. The van der Waals surface area contributed by atoms with E-state index in [-0.39, 0.29) is 6.03 Å². The van der Waals surface area contributed by atoms with E-state index in [0.29, 0.717) is 0 Å². The van der Waals surface area contributed by atoms with Crippen molar-refractivity contribution in [3.05, 3.63) is 42.0 Å². The Kier molecular flexibility index (Phi) is 3.56. The Morgan fingerprint density at radius 3 is 2.60 bits per heavy atom. The molecule has 0 atom stereocenters. The van der Waals surface area contributed by atoms with Crippen LogP contribution in [0, 0.1) is 6.92 Å². The number of urea groups is 1. The first-order chi connectivity index (χ1) is 9.72. The van der Waals surface area contributed by atoms with Crippen LogP contribution < -0.4 is 10.6 Å². The minimum absolute atomic E-state index is 0.0158. The number of anilines is 1. The fraction of sp³-hybridized carbons (Fsp3) is 0.312. The van der Waals surface area contributed by atoms with Crippen LogP contribution in [0.4, 0.5) is 10.5 Å². The average Bonchev–Trinajstić information content (AvgIpc) is 2.48. The third-order valence-corrected chi connectivity index (χ3v) is 3.65. The molecule has 2 N–H and O–H groups in total. The van der Waals surface area contributed by atoms with Gasteiger partial charge in [0.15, 0.2) is 0 Å². The summed E-state index contributed by atoms with van der Waals surface area (Å²) in [7, 11) is 0. The molecule has 3 rings (SSSR count). The average molecular weight is 269 g/mol. The maximum atomic E-state index is 12.1. The Morgan fingerprint density at radius 2 is 1.80 bits per heavy atom. The molecule has 1 aliphatic heterocycles. The molecule has 0 saturated carbocycles. The van der Waals surface area contributed by atoms with Crippen molar-refractivity contribution in [3.8, 4) is 0 Å². The van der Waals surface area contributed by atoms with Crippen molar-refractivity contribution in [1.82, 2.24) is 10.2 Å². The number of nitrogens with zero attached hydrogens (tertiary/aromatic N) is 1. The van der Waals surface area contributed by atoms with Crippen molar-refractivity contribution >= 4 is 22.5 Å². The van der Waals surface area contributed by atoms with Crippen LogP contribution in [-0.2, 0) is 0 Å². The van der Waals surface area contributed by atoms with Crippen molar-refractivity contribution < 1.29 is 4.79 Å². The lowest BCUT2D eigenvalue weighted by Gasteiger charge is -2.27. The summed E-state index contributed by atoms with van der Waals surface area (Å²) in [4.78, 5) is 14.0. The van der Waals surface area contributed by atoms with Crippen LogP contribution in [0.5, 0.6) is 0 Å². The topological polar surface area (TPSA) is 44.4 Å². The van der Waals surface area contributed by atoms with E-state index in [1.165, 1.54) is 10.9 Å². The number of rotatable bonds is 1. The molecule has 1 aliphatic rings. The normalized spacial score (nSPS) is 15.3. The maximum Gasteiger partial charge on any atom is 0.321 e. The zero-order valence-electron chi connectivity index (χ0n) is 11.6. The Morgan fingerprint density at radius 1 is 1.10 bits per heavy atom. The van der Waals surface area contributed by atoms with E-state index < -0.39 is 0 Å². The number of piperazine rings is 1. The molecule has 1 fully saturated rings. The second-order valence-electron chi connectivity index (χ2n) is 5.23. The fourth-order valence-electron chi connectivity index (χ4n) is 2.51. The predicted octanol–water partition coefficient (Wildman–Crippen LogP) is 2.59. The van der Waals surface area contributed by atoms with E-state index >= 15 is 0 Å².